The molecule has 5 rings (SSSR count). The average Bonchev–Trinajstić information content (AvgIpc) is 3.40. The first-order valence-electron chi connectivity index (χ1n) is 12.9. The van der Waals surface area contributed by atoms with Gasteiger partial charge >= 0.3 is 0 Å². The van der Waals surface area contributed by atoms with Gasteiger partial charge in [0.05, 0.1) is 5.54 Å². The average molecular weight is 486 g/mol. The number of rotatable bonds is 7. The second kappa shape index (κ2) is 9.85. The molecule has 0 spiro atoms. The standard InChI is InChI=1S/C28H35N7O/c1-5-20-12-13-24-21(18-20)19-23(27(36)29-24)25(26-30-31-32-35(26)28(3,4)6-2)34-16-14-33(15-17-34)22-10-8-7-9-11-22/h7-13,18-19,25H,5-6,14-17H2,1-4H3,(H,29,36)/t25-/m0/s1. The number of aromatic nitrogens is 5. The van der Waals surface area contributed by atoms with Crippen LogP contribution in [0.3, 0.4) is 0 Å². The Morgan fingerprint density at radius 1 is 1.00 bits per heavy atom. The highest BCUT2D eigenvalue weighted by Gasteiger charge is 2.35. The fourth-order valence-electron chi connectivity index (χ4n) is 5.02. The molecule has 188 valence electrons. The molecule has 4 aromatic rings. The molecule has 3 heterocycles. The molecule has 36 heavy (non-hydrogen) atoms. The van der Waals surface area contributed by atoms with Crippen molar-refractivity contribution >= 4 is 16.6 Å². The summed E-state index contributed by atoms with van der Waals surface area (Å²) in [6.45, 7) is 11.9. The van der Waals surface area contributed by atoms with Gasteiger partial charge in [-0.2, -0.15) is 0 Å². The van der Waals surface area contributed by atoms with Gasteiger partial charge in [0.15, 0.2) is 5.82 Å². The number of aromatic amines is 1. The van der Waals surface area contributed by atoms with Crippen molar-refractivity contribution in [1.82, 2.24) is 30.1 Å². The third-order valence-electron chi connectivity index (χ3n) is 7.62. The molecule has 2 aromatic carbocycles. The van der Waals surface area contributed by atoms with E-state index in [1.165, 1.54) is 11.3 Å². The molecule has 0 amide bonds. The van der Waals surface area contributed by atoms with E-state index in [4.69, 9.17) is 0 Å². The van der Waals surface area contributed by atoms with E-state index in [0.717, 1.165) is 49.9 Å². The lowest BCUT2D eigenvalue weighted by Crippen LogP contribution is -2.49. The Hall–Kier alpha value is -3.52. The zero-order chi connectivity index (χ0) is 25.3. The van der Waals surface area contributed by atoms with Crippen molar-refractivity contribution in [3.63, 3.8) is 0 Å². The molecule has 1 aliphatic rings. The van der Waals surface area contributed by atoms with E-state index in [1.54, 1.807) is 0 Å². The highest BCUT2D eigenvalue weighted by atomic mass is 16.1. The van der Waals surface area contributed by atoms with Gasteiger partial charge in [0.1, 0.15) is 6.04 Å². The van der Waals surface area contributed by atoms with E-state index in [0.29, 0.717) is 11.4 Å². The molecule has 1 aliphatic heterocycles. The molecule has 1 saturated heterocycles. The number of para-hydroxylation sites is 1. The Balaban J connectivity index is 1.58. The molecule has 8 heteroatoms. The van der Waals surface area contributed by atoms with Crippen LogP contribution in [0.1, 0.15) is 57.1 Å². The molecule has 1 fully saturated rings. The number of H-pyrrole nitrogens is 1. The summed E-state index contributed by atoms with van der Waals surface area (Å²) in [6.07, 6.45) is 1.81. The maximum atomic E-state index is 13.5. The molecule has 8 nitrogen and oxygen atoms in total. The van der Waals surface area contributed by atoms with Crippen LogP contribution < -0.4 is 10.5 Å². The van der Waals surface area contributed by atoms with Gasteiger partial charge in [-0.25, -0.2) is 4.68 Å². The number of benzene rings is 2. The Morgan fingerprint density at radius 3 is 2.44 bits per heavy atom. The smallest absolute Gasteiger partial charge is 0.253 e. The van der Waals surface area contributed by atoms with Crippen LogP contribution in [0, 0.1) is 0 Å². The number of hydrogen-bond donors (Lipinski definition) is 1. The predicted molar refractivity (Wildman–Crippen MR) is 143 cm³/mol. The van der Waals surface area contributed by atoms with Crippen LogP contribution in [-0.2, 0) is 12.0 Å². The Labute approximate surface area is 211 Å². The van der Waals surface area contributed by atoms with Gasteiger partial charge in [-0.15, -0.1) is 5.10 Å². The monoisotopic (exact) mass is 485 g/mol. The molecule has 0 radical (unpaired) electrons. The van der Waals surface area contributed by atoms with Crippen LogP contribution in [0.5, 0.6) is 0 Å². The van der Waals surface area contributed by atoms with Crippen molar-refractivity contribution in [2.75, 3.05) is 31.1 Å². The molecular formula is C28H35N7O. The summed E-state index contributed by atoms with van der Waals surface area (Å²) in [5, 5.41) is 14.0. The predicted octanol–water partition coefficient (Wildman–Crippen LogP) is 4.13. The number of piperazine rings is 1. The van der Waals surface area contributed by atoms with Gasteiger partial charge in [-0.05, 0) is 78.4 Å². The van der Waals surface area contributed by atoms with Gasteiger partial charge in [-0.3, -0.25) is 9.69 Å². The molecule has 0 bridgehead atoms. The summed E-state index contributed by atoms with van der Waals surface area (Å²) in [6, 6.07) is 18.4. The number of nitrogens with one attached hydrogen (secondary N) is 1. The van der Waals surface area contributed by atoms with Crippen LogP contribution in [0.4, 0.5) is 5.69 Å². The minimum absolute atomic E-state index is 0.0916. The first-order valence-corrected chi connectivity index (χ1v) is 12.9. The molecule has 0 saturated carbocycles. The maximum absolute atomic E-state index is 13.5. The largest absolute Gasteiger partial charge is 0.369 e. The molecule has 1 atom stereocenters. The van der Waals surface area contributed by atoms with Crippen LogP contribution in [-0.4, -0.2) is 56.3 Å². The van der Waals surface area contributed by atoms with E-state index >= 15 is 0 Å². The summed E-state index contributed by atoms with van der Waals surface area (Å²) >= 11 is 0. The van der Waals surface area contributed by atoms with E-state index in [9.17, 15) is 4.79 Å². The number of pyridine rings is 1. The Kier molecular flexibility index (Phi) is 6.62. The Bertz CT molecular complexity index is 1380. The van der Waals surface area contributed by atoms with Crippen LogP contribution in [0.2, 0.25) is 0 Å². The first kappa shape index (κ1) is 24.2. The van der Waals surface area contributed by atoms with Crippen molar-refractivity contribution < 1.29 is 0 Å². The molecule has 1 N–H and O–H groups in total. The second-order valence-corrected chi connectivity index (χ2v) is 10.2. The van der Waals surface area contributed by atoms with E-state index in [2.05, 4.69) is 94.4 Å². The molecule has 2 aromatic heterocycles. The summed E-state index contributed by atoms with van der Waals surface area (Å²) < 4.78 is 1.91. The van der Waals surface area contributed by atoms with E-state index in [1.807, 2.05) is 22.9 Å². The minimum atomic E-state index is -0.345. The van der Waals surface area contributed by atoms with E-state index < -0.39 is 0 Å². The van der Waals surface area contributed by atoms with Crippen molar-refractivity contribution in [3.8, 4) is 0 Å². The van der Waals surface area contributed by atoms with Gasteiger partial charge < -0.3 is 9.88 Å². The third kappa shape index (κ3) is 4.53. The van der Waals surface area contributed by atoms with Gasteiger partial charge in [0, 0.05) is 42.9 Å². The van der Waals surface area contributed by atoms with Gasteiger partial charge in [0.2, 0.25) is 0 Å². The quantitative estimate of drug-likeness (QED) is 0.424. The van der Waals surface area contributed by atoms with Gasteiger partial charge in [0.25, 0.3) is 5.56 Å². The van der Waals surface area contributed by atoms with Crippen molar-refractivity contribution in [2.45, 2.75) is 52.1 Å². The van der Waals surface area contributed by atoms with E-state index in [-0.39, 0.29) is 17.1 Å². The fraction of sp³-hybridized carbons (Fsp3) is 0.429. The van der Waals surface area contributed by atoms with Crippen LogP contribution in [0.25, 0.3) is 10.9 Å². The maximum Gasteiger partial charge on any atom is 0.253 e. The number of anilines is 1. The number of hydrogen-bond acceptors (Lipinski definition) is 6. The topological polar surface area (TPSA) is 82.9 Å². The zero-order valence-electron chi connectivity index (χ0n) is 21.6. The number of tetrazole rings is 1. The zero-order valence-corrected chi connectivity index (χ0v) is 21.6. The summed E-state index contributed by atoms with van der Waals surface area (Å²) in [5.41, 5.74) is 3.63. The highest BCUT2D eigenvalue weighted by Crippen LogP contribution is 2.32. The fourth-order valence-corrected chi connectivity index (χ4v) is 5.02. The summed E-state index contributed by atoms with van der Waals surface area (Å²) in [4.78, 5) is 21.4. The highest BCUT2D eigenvalue weighted by molar-refractivity contribution is 5.80. The summed E-state index contributed by atoms with van der Waals surface area (Å²) in [7, 11) is 0. The number of aryl methyl sites for hydroxylation is 1. The first-order chi connectivity index (χ1) is 17.4. The van der Waals surface area contributed by atoms with Crippen molar-refractivity contribution in [3.05, 3.63) is 81.9 Å². The SMILES string of the molecule is CCc1ccc2[nH]c(=O)c([C@@H](c3nnnn3C(C)(C)CC)N3CCN(c4ccccc4)CC3)cc2c1. The summed E-state index contributed by atoms with van der Waals surface area (Å²) in [5.74, 6) is 0.714. The third-order valence-corrected chi connectivity index (χ3v) is 7.62. The molecule has 0 unspecified atom stereocenters. The van der Waals surface area contributed by atoms with Crippen molar-refractivity contribution in [2.24, 2.45) is 0 Å². The molecule has 0 aliphatic carbocycles. The molecular weight excluding hydrogens is 450 g/mol. The Morgan fingerprint density at radius 2 is 1.75 bits per heavy atom. The lowest BCUT2D eigenvalue weighted by atomic mass is 9.98. The van der Waals surface area contributed by atoms with Crippen molar-refractivity contribution in [1.29, 1.82) is 0 Å². The lowest BCUT2D eigenvalue weighted by Gasteiger charge is -2.40. The minimum Gasteiger partial charge on any atom is -0.369 e. The number of nitrogens with zero attached hydrogens (tertiary/aromatic N) is 6. The lowest BCUT2D eigenvalue weighted by molar-refractivity contribution is 0.186. The number of fused-ring (bicyclic) bond motifs is 1. The normalized spacial score (nSPS) is 15.9. The second-order valence-electron chi connectivity index (χ2n) is 10.2. The van der Waals surface area contributed by atoms with Crippen LogP contribution in [0.15, 0.2) is 59.4 Å². The van der Waals surface area contributed by atoms with Crippen LogP contribution >= 0.6 is 0 Å². The van der Waals surface area contributed by atoms with Gasteiger partial charge in [-0.1, -0.05) is 38.1 Å².